The van der Waals surface area contributed by atoms with Crippen molar-refractivity contribution in [2.24, 2.45) is 0 Å². The first-order chi connectivity index (χ1) is 7.50. The molecule has 0 aliphatic heterocycles. The third-order valence-corrected chi connectivity index (χ3v) is 3.29. The Morgan fingerprint density at radius 1 is 1.38 bits per heavy atom. The average molecular weight is 242 g/mol. The molecule has 16 heavy (non-hydrogen) atoms. The molecule has 0 fully saturated rings. The Kier molecular flexibility index (Phi) is 2.63. The summed E-state index contributed by atoms with van der Waals surface area (Å²) < 4.78 is 26.9. The molecule has 1 heterocycles. The summed E-state index contributed by atoms with van der Waals surface area (Å²) in [4.78, 5) is 10.4. The summed E-state index contributed by atoms with van der Waals surface area (Å²) in [5.74, 6) is -5.79. The number of carboxylic acid groups (broad SMARTS) is 1. The van der Waals surface area contributed by atoms with Crippen LogP contribution in [-0.4, -0.2) is 17.0 Å². The molecule has 0 atom stereocenters. The van der Waals surface area contributed by atoms with E-state index in [9.17, 15) is 13.6 Å². The Balaban J connectivity index is 2.41. The number of rotatable bonds is 3. The monoisotopic (exact) mass is 242 g/mol. The van der Waals surface area contributed by atoms with Crippen molar-refractivity contribution < 1.29 is 18.7 Å². The molecular formula is C11H8F2O2S. The van der Waals surface area contributed by atoms with Crippen LogP contribution in [0.1, 0.15) is 5.56 Å². The van der Waals surface area contributed by atoms with E-state index in [2.05, 4.69) is 0 Å². The molecule has 2 aromatic rings. The number of benzene rings is 1. The van der Waals surface area contributed by atoms with Crippen molar-refractivity contribution in [1.29, 1.82) is 0 Å². The molecule has 0 bridgehead atoms. The quantitative estimate of drug-likeness (QED) is 0.897. The Hall–Kier alpha value is -1.49. The largest absolute Gasteiger partial charge is 0.477 e. The van der Waals surface area contributed by atoms with Gasteiger partial charge < -0.3 is 5.11 Å². The second-order valence-corrected chi connectivity index (χ2v) is 4.36. The van der Waals surface area contributed by atoms with Crippen LogP contribution in [0.3, 0.4) is 0 Å². The number of fused-ring (bicyclic) bond motifs is 1. The van der Waals surface area contributed by atoms with Gasteiger partial charge in [-0.3, -0.25) is 0 Å². The standard InChI is InChI=1S/C11H8F2O2S/c12-11(13,10(14)15)6-8-3-1-2-7-4-5-16-9(7)8/h1-5H,6H2,(H,14,15). The first-order valence-corrected chi connectivity index (χ1v) is 5.45. The number of aliphatic carboxylic acids is 1. The van der Waals surface area contributed by atoms with Crippen LogP contribution in [0, 0.1) is 0 Å². The van der Waals surface area contributed by atoms with Gasteiger partial charge in [-0.05, 0) is 22.4 Å². The first kappa shape index (κ1) is 11.0. The maximum atomic E-state index is 13.1. The number of hydrogen-bond donors (Lipinski definition) is 1. The summed E-state index contributed by atoms with van der Waals surface area (Å²) in [5.41, 5.74) is 0.375. The Morgan fingerprint density at radius 2 is 2.12 bits per heavy atom. The second-order valence-electron chi connectivity index (χ2n) is 3.44. The predicted octanol–water partition coefficient (Wildman–Crippen LogP) is 3.16. The summed E-state index contributed by atoms with van der Waals surface area (Å²) in [6.45, 7) is 0. The maximum absolute atomic E-state index is 13.1. The molecule has 0 saturated heterocycles. The van der Waals surface area contributed by atoms with Crippen molar-refractivity contribution in [2.75, 3.05) is 0 Å². The zero-order chi connectivity index (χ0) is 11.8. The lowest BCUT2D eigenvalue weighted by Gasteiger charge is -2.11. The zero-order valence-electron chi connectivity index (χ0n) is 8.11. The van der Waals surface area contributed by atoms with Gasteiger partial charge in [0.05, 0.1) is 0 Å². The van der Waals surface area contributed by atoms with E-state index in [1.54, 1.807) is 11.4 Å². The van der Waals surface area contributed by atoms with E-state index in [-0.39, 0.29) is 0 Å². The molecule has 0 unspecified atom stereocenters. The minimum atomic E-state index is -3.71. The van der Waals surface area contributed by atoms with Crippen LogP contribution >= 0.6 is 11.3 Å². The number of hydrogen-bond acceptors (Lipinski definition) is 2. The molecule has 2 nitrogen and oxygen atoms in total. The fourth-order valence-electron chi connectivity index (χ4n) is 1.51. The highest BCUT2D eigenvalue weighted by molar-refractivity contribution is 7.17. The summed E-state index contributed by atoms with van der Waals surface area (Å²) in [6, 6.07) is 6.83. The fraction of sp³-hybridized carbons (Fsp3) is 0.182. The van der Waals surface area contributed by atoms with E-state index >= 15 is 0 Å². The average Bonchev–Trinajstić information content (AvgIpc) is 2.65. The van der Waals surface area contributed by atoms with Crippen LogP contribution < -0.4 is 0 Å². The Labute approximate surface area is 94.1 Å². The van der Waals surface area contributed by atoms with Gasteiger partial charge in [0.1, 0.15) is 0 Å². The smallest absolute Gasteiger partial charge is 0.374 e. The summed E-state index contributed by atoms with van der Waals surface area (Å²) in [5, 5.41) is 11.0. The van der Waals surface area contributed by atoms with Crippen molar-refractivity contribution in [3.05, 3.63) is 35.2 Å². The minimum absolute atomic E-state index is 0.375. The fourth-order valence-corrected chi connectivity index (χ4v) is 2.42. The van der Waals surface area contributed by atoms with E-state index in [1.165, 1.54) is 17.4 Å². The van der Waals surface area contributed by atoms with Crippen LogP contribution in [0.5, 0.6) is 0 Å². The molecule has 0 aliphatic rings. The third-order valence-electron chi connectivity index (χ3n) is 2.29. The van der Waals surface area contributed by atoms with Gasteiger partial charge in [-0.15, -0.1) is 11.3 Å². The lowest BCUT2D eigenvalue weighted by atomic mass is 10.1. The van der Waals surface area contributed by atoms with Gasteiger partial charge in [0, 0.05) is 11.1 Å². The molecule has 0 saturated carbocycles. The van der Waals surface area contributed by atoms with E-state index in [0.29, 0.717) is 5.56 Å². The van der Waals surface area contributed by atoms with Crippen LogP contribution in [0.15, 0.2) is 29.6 Å². The molecular weight excluding hydrogens is 234 g/mol. The lowest BCUT2D eigenvalue weighted by molar-refractivity contribution is -0.164. The number of alkyl halides is 2. The molecule has 1 N–H and O–H groups in total. The zero-order valence-corrected chi connectivity index (χ0v) is 8.93. The van der Waals surface area contributed by atoms with Crippen molar-refractivity contribution in [3.63, 3.8) is 0 Å². The Morgan fingerprint density at radius 3 is 2.81 bits per heavy atom. The molecule has 1 aromatic heterocycles. The van der Waals surface area contributed by atoms with Gasteiger partial charge in [-0.25, -0.2) is 4.79 Å². The van der Waals surface area contributed by atoms with Gasteiger partial charge in [0.25, 0.3) is 0 Å². The molecule has 2 rings (SSSR count). The molecule has 1 aromatic carbocycles. The highest BCUT2D eigenvalue weighted by atomic mass is 32.1. The predicted molar refractivity (Wildman–Crippen MR) is 58.1 cm³/mol. The summed E-state index contributed by atoms with van der Waals surface area (Å²) in [6.07, 6.45) is -0.764. The lowest BCUT2D eigenvalue weighted by Crippen LogP contribution is -2.30. The number of thiophene rings is 1. The molecule has 0 amide bonds. The van der Waals surface area contributed by atoms with Crippen molar-refractivity contribution in [1.82, 2.24) is 0 Å². The summed E-state index contributed by atoms with van der Waals surface area (Å²) >= 11 is 1.34. The van der Waals surface area contributed by atoms with Crippen LogP contribution in [0.2, 0.25) is 0 Å². The van der Waals surface area contributed by atoms with Gasteiger partial charge >= 0.3 is 11.9 Å². The molecule has 5 heteroatoms. The molecule has 84 valence electrons. The van der Waals surface area contributed by atoms with Crippen molar-refractivity contribution in [3.8, 4) is 0 Å². The van der Waals surface area contributed by atoms with E-state index in [1.807, 2.05) is 12.1 Å². The molecule has 0 radical (unpaired) electrons. The highest BCUT2D eigenvalue weighted by Gasteiger charge is 2.39. The van der Waals surface area contributed by atoms with Crippen molar-refractivity contribution in [2.45, 2.75) is 12.3 Å². The minimum Gasteiger partial charge on any atom is -0.477 e. The number of carbonyl (C=O) groups is 1. The van der Waals surface area contributed by atoms with Crippen LogP contribution in [-0.2, 0) is 11.2 Å². The normalized spacial score (nSPS) is 11.9. The summed E-state index contributed by atoms with van der Waals surface area (Å²) in [7, 11) is 0. The second kappa shape index (κ2) is 3.83. The van der Waals surface area contributed by atoms with E-state index in [0.717, 1.165) is 10.1 Å². The highest BCUT2D eigenvalue weighted by Crippen LogP contribution is 2.29. The third kappa shape index (κ3) is 1.90. The van der Waals surface area contributed by atoms with Crippen LogP contribution in [0.25, 0.3) is 10.1 Å². The number of carboxylic acids is 1. The maximum Gasteiger partial charge on any atom is 0.374 e. The SMILES string of the molecule is O=C(O)C(F)(F)Cc1cccc2ccsc12. The van der Waals surface area contributed by atoms with Gasteiger partial charge in [-0.1, -0.05) is 18.2 Å². The Bertz CT molecular complexity index is 534. The van der Waals surface area contributed by atoms with Crippen molar-refractivity contribution >= 4 is 27.4 Å². The van der Waals surface area contributed by atoms with Gasteiger partial charge in [0.15, 0.2) is 0 Å². The topological polar surface area (TPSA) is 37.3 Å². The molecule has 0 aliphatic carbocycles. The van der Waals surface area contributed by atoms with Gasteiger partial charge in [-0.2, -0.15) is 8.78 Å². The van der Waals surface area contributed by atoms with Crippen LogP contribution in [0.4, 0.5) is 8.78 Å². The van der Waals surface area contributed by atoms with E-state index < -0.39 is 18.3 Å². The molecule has 0 spiro atoms. The first-order valence-electron chi connectivity index (χ1n) is 4.57. The van der Waals surface area contributed by atoms with E-state index in [4.69, 9.17) is 5.11 Å². The van der Waals surface area contributed by atoms with Gasteiger partial charge in [0.2, 0.25) is 0 Å². The number of halogens is 2.